The summed E-state index contributed by atoms with van der Waals surface area (Å²) >= 11 is 0. The van der Waals surface area contributed by atoms with E-state index in [-0.39, 0.29) is 36.5 Å². The summed E-state index contributed by atoms with van der Waals surface area (Å²) in [6.07, 6.45) is 13.3. The van der Waals surface area contributed by atoms with Gasteiger partial charge in [0.2, 0.25) is 0 Å². The Morgan fingerprint density at radius 3 is 1.67 bits per heavy atom. The van der Waals surface area contributed by atoms with Crippen LogP contribution in [-0.4, -0.2) is 49.3 Å². The van der Waals surface area contributed by atoms with Crippen molar-refractivity contribution in [3.8, 4) is 0 Å². The predicted molar refractivity (Wildman–Crippen MR) is 168 cm³/mol. The van der Waals surface area contributed by atoms with Crippen LogP contribution in [0.3, 0.4) is 0 Å². The Balaban J connectivity index is 0.000000302. The smallest absolute Gasteiger partial charge is 0.410 e. The summed E-state index contributed by atoms with van der Waals surface area (Å²) in [5, 5.41) is 0. The number of nitrogens with zero attached hydrogens (tertiary/aromatic N) is 1. The molecule has 1 aliphatic carbocycles. The lowest BCUT2D eigenvalue weighted by Gasteiger charge is -2.28. The number of amides is 1. The Labute approximate surface area is 256 Å². The minimum atomic E-state index is -0.493. The van der Waals surface area contributed by atoms with E-state index in [9.17, 15) is 14.4 Å². The lowest BCUT2D eigenvalue weighted by molar-refractivity contribution is -0.135. The van der Waals surface area contributed by atoms with E-state index < -0.39 is 5.60 Å². The number of rotatable bonds is 6. The van der Waals surface area contributed by atoms with E-state index in [4.69, 9.17) is 4.74 Å². The average molecular weight is 598 g/mol. The lowest BCUT2D eigenvalue weighted by Crippen LogP contribution is -2.36. The molecule has 0 N–H and O–H groups in total. The highest BCUT2D eigenvalue weighted by Crippen LogP contribution is 2.34. The summed E-state index contributed by atoms with van der Waals surface area (Å²) in [4.78, 5) is 36.2. The second kappa shape index (κ2) is 16.8. The summed E-state index contributed by atoms with van der Waals surface area (Å²) in [5.74, 6) is 0.0458. The van der Waals surface area contributed by atoms with E-state index in [1.165, 1.54) is 57.6 Å². The molecule has 0 aromatic heterocycles. The Morgan fingerprint density at radius 1 is 0.738 bits per heavy atom. The van der Waals surface area contributed by atoms with Crippen LogP contribution in [0.2, 0.25) is 0 Å². The van der Waals surface area contributed by atoms with Crippen molar-refractivity contribution in [2.24, 2.45) is 0 Å². The maximum absolute atomic E-state index is 12.4. The molecule has 1 saturated heterocycles. The second-order valence-corrected chi connectivity index (χ2v) is 11.4. The fourth-order valence-corrected chi connectivity index (χ4v) is 5.08. The van der Waals surface area contributed by atoms with Crippen molar-refractivity contribution in [2.45, 2.75) is 76.9 Å². The average Bonchev–Trinajstić information content (AvgIpc) is 3.68. The first kappa shape index (κ1) is 34.6. The zero-order valence-electron chi connectivity index (χ0n) is 25.3. The molecule has 2 aromatic carbocycles. The van der Waals surface area contributed by atoms with Crippen molar-refractivity contribution in [2.75, 3.05) is 20.8 Å². The van der Waals surface area contributed by atoms with Gasteiger partial charge in [-0.3, -0.25) is 0 Å². The molecule has 2 fully saturated rings. The fraction of sp³-hybridized carbons (Fsp3) is 0.441. The van der Waals surface area contributed by atoms with Crippen LogP contribution in [-0.2, 0) is 23.8 Å². The molecule has 1 amide bonds. The van der Waals surface area contributed by atoms with E-state index in [1.807, 2.05) is 45.0 Å². The van der Waals surface area contributed by atoms with Crippen molar-refractivity contribution >= 4 is 42.6 Å². The quantitative estimate of drug-likeness (QED) is 0.191. The van der Waals surface area contributed by atoms with Gasteiger partial charge in [-0.05, 0) is 86.8 Å². The molecule has 1 aliphatic heterocycles. The van der Waals surface area contributed by atoms with E-state index in [0.717, 1.165) is 35.4 Å². The number of benzene rings is 2. The minimum absolute atomic E-state index is 0. The molecule has 2 aromatic rings. The van der Waals surface area contributed by atoms with Gasteiger partial charge < -0.3 is 19.1 Å². The van der Waals surface area contributed by atoms with Gasteiger partial charge in [0, 0.05) is 18.7 Å². The molecule has 8 heteroatoms. The number of likely N-dealkylation sites (tertiary alicyclic amines) is 1. The molecule has 0 radical (unpaired) electrons. The van der Waals surface area contributed by atoms with Gasteiger partial charge in [-0.1, -0.05) is 61.4 Å². The highest BCUT2D eigenvalue weighted by atomic mass is 35.5. The third kappa shape index (κ3) is 11.0. The maximum atomic E-state index is 12.4. The normalized spacial score (nSPS) is 17.0. The molecule has 42 heavy (non-hydrogen) atoms. The van der Waals surface area contributed by atoms with Crippen LogP contribution in [0.5, 0.6) is 0 Å². The topological polar surface area (TPSA) is 82.1 Å². The van der Waals surface area contributed by atoms with Gasteiger partial charge in [-0.15, -0.1) is 12.4 Å². The van der Waals surface area contributed by atoms with Gasteiger partial charge >= 0.3 is 18.0 Å². The van der Waals surface area contributed by atoms with Crippen LogP contribution in [0.4, 0.5) is 4.79 Å². The monoisotopic (exact) mass is 597 g/mol. The summed E-state index contributed by atoms with van der Waals surface area (Å²) in [5.41, 5.74) is 3.96. The van der Waals surface area contributed by atoms with Gasteiger partial charge in [0.1, 0.15) is 5.60 Å². The summed E-state index contributed by atoms with van der Waals surface area (Å²) in [6, 6.07) is 16.4. The van der Waals surface area contributed by atoms with E-state index in [1.54, 1.807) is 17.1 Å². The fourth-order valence-electron chi connectivity index (χ4n) is 5.08. The number of hydrogen-bond acceptors (Lipinski definition) is 6. The van der Waals surface area contributed by atoms with Crippen LogP contribution in [0, 0.1) is 0 Å². The molecule has 1 atom stereocenters. The molecule has 1 heterocycles. The third-order valence-corrected chi connectivity index (χ3v) is 7.19. The molecule has 4 rings (SSSR count). The maximum Gasteiger partial charge on any atom is 0.410 e. The second-order valence-electron chi connectivity index (χ2n) is 11.4. The number of halogens is 1. The van der Waals surface area contributed by atoms with Crippen molar-refractivity contribution in [3.63, 3.8) is 0 Å². The van der Waals surface area contributed by atoms with Crippen molar-refractivity contribution in [1.29, 1.82) is 0 Å². The Bertz CT molecular complexity index is 1210. The molecular formula is C34H44ClNO6. The highest BCUT2D eigenvalue weighted by Gasteiger charge is 2.33. The van der Waals surface area contributed by atoms with Gasteiger partial charge in [0.25, 0.3) is 0 Å². The lowest BCUT2D eigenvalue weighted by atomic mass is 9.97. The van der Waals surface area contributed by atoms with Crippen molar-refractivity contribution in [3.05, 3.63) is 82.9 Å². The van der Waals surface area contributed by atoms with Crippen LogP contribution in [0.1, 0.15) is 93.5 Å². The predicted octanol–water partition coefficient (Wildman–Crippen LogP) is 7.90. The Hall–Kier alpha value is -3.58. The zero-order valence-corrected chi connectivity index (χ0v) is 26.2. The molecule has 0 bridgehead atoms. The standard InChI is InChI=1S/C19H25NO4.C15H18O2.ClH/c1-19(2,3)24-18(22)20-13-5-6-16(20)15-10-7-14(8-11-15)9-12-17(21)23-4;1-17-15(16)11-8-12-6-9-14(10-7-12)13-4-2-3-5-13;/h7-12,16H,5-6,13H2,1-4H3;6-11,13H,2-5H2,1H3;1H/b12-9+;11-8+;/t16-;;/m0../s1. The SMILES string of the molecule is COC(=O)/C=C/c1ccc(C2CCCC2)cc1.COC(=O)/C=C/c1ccc([C@@H]2CCCN2C(=O)OC(C)(C)C)cc1.Cl. The largest absolute Gasteiger partial charge is 0.466 e. The van der Waals surface area contributed by atoms with Gasteiger partial charge in [0.05, 0.1) is 20.3 Å². The summed E-state index contributed by atoms with van der Waals surface area (Å²) in [7, 11) is 2.73. The van der Waals surface area contributed by atoms with Gasteiger partial charge in [-0.2, -0.15) is 0 Å². The van der Waals surface area contributed by atoms with Crippen LogP contribution >= 0.6 is 12.4 Å². The number of carbonyl (C=O) groups excluding carboxylic acids is 3. The molecule has 1 saturated carbocycles. The van der Waals surface area contributed by atoms with Crippen LogP contribution in [0.15, 0.2) is 60.7 Å². The molecule has 228 valence electrons. The summed E-state index contributed by atoms with van der Waals surface area (Å²) in [6.45, 7) is 6.33. The Morgan fingerprint density at radius 2 is 1.21 bits per heavy atom. The van der Waals surface area contributed by atoms with Gasteiger partial charge in [-0.25, -0.2) is 14.4 Å². The van der Waals surface area contributed by atoms with E-state index >= 15 is 0 Å². The van der Waals surface area contributed by atoms with E-state index in [2.05, 4.69) is 33.7 Å². The van der Waals surface area contributed by atoms with Crippen LogP contribution in [0.25, 0.3) is 12.2 Å². The minimum Gasteiger partial charge on any atom is -0.466 e. The van der Waals surface area contributed by atoms with Crippen molar-refractivity contribution in [1.82, 2.24) is 4.90 Å². The number of esters is 2. The van der Waals surface area contributed by atoms with E-state index in [0.29, 0.717) is 6.54 Å². The van der Waals surface area contributed by atoms with Crippen molar-refractivity contribution < 1.29 is 28.6 Å². The number of methoxy groups -OCH3 is 2. The summed E-state index contributed by atoms with van der Waals surface area (Å²) < 4.78 is 14.6. The number of hydrogen-bond donors (Lipinski definition) is 0. The Kier molecular flexibility index (Phi) is 13.8. The first-order valence-corrected chi connectivity index (χ1v) is 14.3. The number of carbonyl (C=O) groups is 3. The molecular weight excluding hydrogens is 554 g/mol. The first-order valence-electron chi connectivity index (χ1n) is 14.3. The number of ether oxygens (including phenoxy) is 3. The molecule has 0 unspecified atom stereocenters. The first-order chi connectivity index (χ1) is 19.6. The van der Waals surface area contributed by atoms with Crippen LogP contribution < -0.4 is 0 Å². The third-order valence-electron chi connectivity index (χ3n) is 7.19. The van der Waals surface area contributed by atoms with Gasteiger partial charge in [0.15, 0.2) is 0 Å². The molecule has 2 aliphatic rings. The highest BCUT2D eigenvalue weighted by molar-refractivity contribution is 5.87. The molecule has 0 spiro atoms. The molecule has 7 nitrogen and oxygen atoms in total. The zero-order chi connectivity index (χ0) is 29.8.